The van der Waals surface area contributed by atoms with E-state index in [1.165, 1.54) is 11.3 Å². The van der Waals surface area contributed by atoms with E-state index < -0.39 is 5.54 Å². The molecule has 3 N–H and O–H groups in total. The maximum absolute atomic E-state index is 12.4. The molecule has 2 heterocycles. The van der Waals surface area contributed by atoms with Crippen molar-refractivity contribution in [1.82, 2.24) is 4.98 Å². The second-order valence-electron chi connectivity index (χ2n) is 5.30. The van der Waals surface area contributed by atoms with Crippen LogP contribution in [0.3, 0.4) is 0 Å². The van der Waals surface area contributed by atoms with Gasteiger partial charge in [0.2, 0.25) is 5.91 Å². The van der Waals surface area contributed by atoms with Crippen LogP contribution < -0.4 is 15.8 Å². The molecular formula is C15H19N3O3S. The minimum atomic E-state index is -0.868. The number of hydrogen-bond acceptors (Lipinski definition) is 6. The van der Waals surface area contributed by atoms with E-state index in [1.807, 2.05) is 25.1 Å². The fourth-order valence-electron chi connectivity index (χ4n) is 2.40. The first-order valence-corrected chi connectivity index (χ1v) is 8.14. The van der Waals surface area contributed by atoms with Gasteiger partial charge in [0, 0.05) is 13.2 Å². The molecule has 1 saturated heterocycles. The van der Waals surface area contributed by atoms with Crippen LogP contribution in [0.4, 0.5) is 5.13 Å². The lowest BCUT2D eigenvalue weighted by Gasteiger charge is -2.31. The Morgan fingerprint density at radius 2 is 2.27 bits per heavy atom. The topological polar surface area (TPSA) is 86.5 Å². The van der Waals surface area contributed by atoms with Crippen LogP contribution in [-0.4, -0.2) is 36.3 Å². The van der Waals surface area contributed by atoms with Crippen LogP contribution in [0.1, 0.15) is 19.8 Å². The molecular weight excluding hydrogens is 302 g/mol. The van der Waals surface area contributed by atoms with Crippen LogP contribution in [0.15, 0.2) is 18.2 Å². The molecule has 0 atom stereocenters. The van der Waals surface area contributed by atoms with E-state index in [1.54, 1.807) is 0 Å². The van der Waals surface area contributed by atoms with Crippen molar-refractivity contribution >= 4 is 32.6 Å². The molecule has 0 radical (unpaired) electrons. The molecule has 3 rings (SSSR count). The molecule has 2 aromatic rings. The van der Waals surface area contributed by atoms with Crippen molar-refractivity contribution in [1.29, 1.82) is 0 Å². The van der Waals surface area contributed by atoms with E-state index in [9.17, 15) is 4.79 Å². The number of benzene rings is 1. The van der Waals surface area contributed by atoms with Gasteiger partial charge < -0.3 is 20.5 Å². The number of amides is 1. The Bertz CT molecular complexity index is 680. The van der Waals surface area contributed by atoms with Crippen molar-refractivity contribution in [2.45, 2.75) is 25.3 Å². The number of nitrogens with zero attached hydrogens (tertiary/aromatic N) is 1. The summed E-state index contributed by atoms with van der Waals surface area (Å²) in [6.45, 7) is 3.59. The third kappa shape index (κ3) is 3.06. The normalized spacial score (nSPS) is 17.4. The molecule has 0 saturated carbocycles. The summed E-state index contributed by atoms with van der Waals surface area (Å²) in [5, 5.41) is 3.40. The van der Waals surface area contributed by atoms with Gasteiger partial charge in [-0.25, -0.2) is 4.98 Å². The number of anilines is 1. The van der Waals surface area contributed by atoms with Gasteiger partial charge in [-0.05, 0) is 38.0 Å². The van der Waals surface area contributed by atoms with Crippen molar-refractivity contribution < 1.29 is 14.3 Å². The fraction of sp³-hybridized carbons (Fsp3) is 0.467. The summed E-state index contributed by atoms with van der Waals surface area (Å²) < 4.78 is 11.7. The summed E-state index contributed by atoms with van der Waals surface area (Å²) >= 11 is 1.42. The monoisotopic (exact) mass is 321 g/mol. The van der Waals surface area contributed by atoms with Gasteiger partial charge in [-0.1, -0.05) is 11.3 Å². The van der Waals surface area contributed by atoms with Crippen LogP contribution in [0.25, 0.3) is 10.2 Å². The van der Waals surface area contributed by atoms with Gasteiger partial charge >= 0.3 is 0 Å². The summed E-state index contributed by atoms with van der Waals surface area (Å²) in [6.07, 6.45) is 1.05. The fourth-order valence-corrected chi connectivity index (χ4v) is 3.29. The SMILES string of the molecule is CCOc1ccc2nc(NC(=O)C3(N)CCOCC3)sc2c1. The average molecular weight is 321 g/mol. The van der Waals surface area contributed by atoms with E-state index in [0.29, 0.717) is 37.8 Å². The highest BCUT2D eigenvalue weighted by molar-refractivity contribution is 7.22. The number of rotatable bonds is 4. The Hall–Kier alpha value is -1.70. The van der Waals surface area contributed by atoms with Gasteiger partial charge in [-0.2, -0.15) is 0 Å². The number of aromatic nitrogens is 1. The summed E-state index contributed by atoms with van der Waals surface area (Å²) in [7, 11) is 0. The van der Waals surface area contributed by atoms with Gasteiger partial charge in [-0.3, -0.25) is 4.79 Å². The van der Waals surface area contributed by atoms with Crippen molar-refractivity contribution in [3.63, 3.8) is 0 Å². The summed E-state index contributed by atoms with van der Waals surface area (Å²) in [4.78, 5) is 16.8. The maximum Gasteiger partial charge on any atom is 0.246 e. The number of fused-ring (bicyclic) bond motifs is 1. The second kappa shape index (κ2) is 6.20. The highest BCUT2D eigenvalue weighted by atomic mass is 32.1. The molecule has 0 unspecified atom stereocenters. The van der Waals surface area contributed by atoms with Gasteiger partial charge in [-0.15, -0.1) is 0 Å². The predicted octanol–water partition coefficient (Wildman–Crippen LogP) is 2.14. The number of nitrogens with one attached hydrogen (secondary N) is 1. The number of carbonyl (C=O) groups excluding carboxylic acids is 1. The molecule has 0 bridgehead atoms. The average Bonchev–Trinajstić information content (AvgIpc) is 2.90. The zero-order chi connectivity index (χ0) is 15.6. The van der Waals surface area contributed by atoms with Gasteiger partial charge in [0.05, 0.1) is 16.8 Å². The Morgan fingerprint density at radius 1 is 1.50 bits per heavy atom. The third-order valence-corrected chi connectivity index (χ3v) is 4.66. The highest BCUT2D eigenvalue weighted by Crippen LogP contribution is 2.30. The van der Waals surface area contributed by atoms with Crippen molar-refractivity contribution in [3.8, 4) is 5.75 Å². The molecule has 1 aromatic carbocycles. The maximum atomic E-state index is 12.4. The lowest BCUT2D eigenvalue weighted by molar-refractivity contribution is -0.124. The lowest BCUT2D eigenvalue weighted by atomic mass is 9.90. The summed E-state index contributed by atoms with van der Waals surface area (Å²) in [5.74, 6) is 0.608. The molecule has 0 spiro atoms. The Labute approximate surface area is 132 Å². The first-order valence-electron chi connectivity index (χ1n) is 7.32. The number of ether oxygens (including phenoxy) is 2. The van der Waals surface area contributed by atoms with Gasteiger partial charge in [0.25, 0.3) is 0 Å². The highest BCUT2D eigenvalue weighted by Gasteiger charge is 2.36. The molecule has 22 heavy (non-hydrogen) atoms. The van der Waals surface area contributed by atoms with Crippen LogP contribution >= 0.6 is 11.3 Å². The molecule has 1 amide bonds. The molecule has 0 aliphatic carbocycles. The lowest BCUT2D eigenvalue weighted by Crippen LogP contribution is -2.54. The van der Waals surface area contributed by atoms with E-state index in [0.717, 1.165) is 16.0 Å². The van der Waals surface area contributed by atoms with E-state index in [2.05, 4.69) is 10.3 Å². The van der Waals surface area contributed by atoms with E-state index in [-0.39, 0.29) is 5.91 Å². The minimum Gasteiger partial charge on any atom is -0.494 e. The molecule has 7 heteroatoms. The van der Waals surface area contributed by atoms with Crippen molar-refractivity contribution in [2.24, 2.45) is 5.73 Å². The molecule has 1 fully saturated rings. The van der Waals surface area contributed by atoms with Crippen molar-refractivity contribution in [3.05, 3.63) is 18.2 Å². The third-order valence-electron chi connectivity index (χ3n) is 3.73. The smallest absolute Gasteiger partial charge is 0.246 e. The largest absolute Gasteiger partial charge is 0.494 e. The summed E-state index contributed by atoms with van der Waals surface area (Å²) in [6, 6.07) is 5.69. The van der Waals surface area contributed by atoms with Crippen LogP contribution in [0.5, 0.6) is 5.75 Å². The van der Waals surface area contributed by atoms with Crippen LogP contribution in [-0.2, 0) is 9.53 Å². The van der Waals surface area contributed by atoms with Crippen molar-refractivity contribution in [2.75, 3.05) is 25.1 Å². The molecule has 118 valence electrons. The number of hydrogen-bond donors (Lipinski definition) is 2. The van der Waals surface area contributed by atoms with Gasteiger partial charge in [0.1, 0.15) is 11.3 Å². The number of nitrogens with two attached hydrogens (primary N) is 1. The van der Waals surface area contributed by atoms with Crippen LogP contribution in [0, 0.1) is 0 Å². The second-order valence-corrected chi connectivity index (χ2v) is 6.33. The number of thiazole rings is 1. The number of carbonyl (C=O) groups is 1. The van der Waals surface area contributed by atoms with Gasteiger partial charge in [0.15, 0.2) is 5.13 Å². The summed E-state index contributed by atoms with van der Waals surface area (Å²) in [5.41, 5.74) is 6.14. The Balaban J connectivity index is 1.77. The standard InChI is InChI=1S/C15H19N3O3S/c1-2-21-10-3-4-11-12(9-10)22-14(17-11)18-13(19)15(16)5-7-20-8-6-15/h3-4,9H,2,5-8,16H2,1H3,(H,17,18,19). The Kier molecular flexibility index (Phi) is 4.28. The predicted molar refractivity (Wildman–Crippen MR) is 86.4 cm³/mol. The zero-order valence-corrected chi connectivity index (χ0v) is 13.2. The molecule has 1 aliphatic rings. The Morgan fingerprint density at radius 3 is 3.00 bits per heavy atom. The minimum absolute atomic E-state index is 0.195. The molecule has 1 aromatic heterocycles. The molecule has 1 aliphatic heterocycles. The molecule has 6 nitrogen and oxygen atoms in total. The van der Waals surface area contributed by atoms with E-state index >= 15 is 0 Å². The zero-order valence-electron chi connectivity index (χ0n) is 12.4. The first-order chi connectivity index (χ1) is 10.6. The quantitative estimate of drug-likeness (QED) is 0.901. The first kappa shape index (κ1) is 15.2. The van der Waals surface area contributed by atoms with E-state index in [4.69, 9.17) is 15.2 Å². The van der Waals surface area contributed by atoms with Crippen LogP contribution in [0.2, 0.25) is 0 Å².